The molecule has 29 heavy (non-hydrogen) atoms. The number of benzene rings is 1. The summed E-state index contributed by atoms with van der Waals surface area (Å²) >= 11 is 12.3. The first-order chi connectivity index (χ1) is 13.9. The number of hydrogen-bond donors (Lipinski definition) is 0. The summed E-state index contributed by atoms with van der Waals surface area (Å²) in [5.74, 6) is -2.56. The van der Waals surface area contributed by atoms with Gasteiger partial charge in [0.2, 0.25) is 0 Å². The highest BCUT2D eigenvalue weighted by Crippen LogP contribution is 2.38. The van der Waals surface area contributed by atoms with Crippen molar-refractivity contribution in [1.82, 2.24) is 14.8 Å². The van der Waals surface area contributed by atoms with E-state index < -0.39 is 23.9 Å². The second-order valence-corrected chi connectivity index (χ2v) is 6.34. The zero-order valence-corrected chi connectivity index (χ0v) is 16.5. The molecule has 2 aromatic heterocycles. The van der Waals surface area contributed by atoms with E-state index in [1.54, 1.807) is 0 Å². The predicted molar refractivity (Wildman–Crippen MR) is 100 cm³/mol. The molecule has 0 radical (unpaired) electrons. The number of ether oxygens (including phenoxy) is 3. The van der Waals surface area contributed by atoms with Crippen LogP contribution in [0.4, 0.5) is 8.78 Å². The van der Waals surface area contributed by atoms with Crippen molar-refractivity contribution >= 4 is 29.2 Å². The van der Waals surface area contributed by atoms with Crippen LogP contribution in [0.2, 0.25) is 10.0 Å². The summed E-state index contributed by atoms with van der Waals surface area (Å²) in [7, 11) is 2.35. The van der Waals surface area contributed by atoms with Crippen LogP contribution in [-0.4, -0.2) is 41.2 Å². The first-order valence-electron chi connectivity index (χ1n) is 7.98. The molecular weight excluding hydrogens is 431 g/mol. The number of esters is 1. The van der Waals surface area contributed by atoms with E-state index in [-0.39, 0.29) is 32.9 Å². The van der Waals surface area contributed by atoms with E-state index in [1.807, 2.05) is 0 Å². The van der Waals surface area contributed by atoms with Gasteiger partial charge in [-0.25, -0.2) is 18.3 Å². The summed E-state index contributed by atoms with van der Waals surface area (Å²) in [5.41, 5.74) is 0.166. The largest absolute Gasteiger partial charge is 0.464 e. The van der Waals surface area contributed by atoms with E-state index in [0.29, 0.717) is 0 Å². The molecule has 7 nitrogen and oxygen atoms in total. The molecule has 0 saturated carbocycles. The van der Waals surface area contributed by atoms with Crippen LogP contribution in [0.3, 0.4) is 0 Å². The van der Waals surface area contributed by atoms with Crippen molar-refractivity contribution in [2.45, 2.75) is 6.29 Å². The van der Waals surface area contributed by atoms with E-state index in [4.69, 9.17) is 32.7 Å². The number of carbonyl (C=O) groups is 1. The summed E-state index contributed by atoms with van der Waals surface area (Å²) < 4.78 is 44.3. The quantitative estimate of drug-likeness (QED) is 0.422. The molecule has 1 unspecified atom stereocenters. The van der Waals surface area contributed by atoms with Gasteiger partial charge < -0.3 is 14.2 Å². The number of aromatic nitrogens is 3. The lowest BCUT2D eigenvalue weighted by Crippen LogP contribution is -2.30. The van der Waals surface area contributed by atoms with Gasteiger partial charge in [-0.2, -0.15) is 0 Å². The summed E-state index contributed by atoms with van der Waals surface area (Å²) in [6.07, 6.45) is 0.819. The summed E-state index contributed by atoms with van der Waals surface area (Å²) in [5, 5.41) is 3.82. The number of carbonyl (C=O) groups excluding carboxylic acids is 1. The fourth-order valence-electron chi connectivity index (χ4n) is 2.47. The maximum atomic E-state index is 14.6. The Bertz CT molecular complexity index is 1060. The van der Waals surface area contributed by atoms with E-state index >= 15 is 0 Å². The van der Waals surface area contributed by atoms with Crippen molar-refractivity contribution in [1.29, 1.82) is 0 Å². The minimum absolute atomic E-state index is 0.0644. The van der Waals surface area contributed by atoms with Crippen LogP contribution in [0, 0.1) is 11.6 Å². The number of nitrogens with zero attached hydrogens (tertiary/aromatic N) is 3. The van der Waals surface area contributed by atoms with Gasteiger partial charge in [0, 0.05) is 18.9 Å². The standard InChI is InChI=1S/C18H13Cl2F2N3O4/c1-27-17(26)18(28-2)29-16-13(20)15(9-6-10(21)8-23-7-9)25(24-16)12-5-3-4-11(19)14(12)22/h3-8,18H,1-2H3. The topological polar surface area (TPSA) is 75.5 Å². The fraction of sp³-hybridized carbons (Fsp3) is 0.167. The van der Waals surface area contributed by atoms with Gasteiger partial charge in [-0.15, -0.1) is 5.10 Å². The molecule has 1 atom stereocenters. The molecule has 152 valence electrons. The molecular formula is C18H13Cl2F2N3O4. The Kier molecular flexibility index (Phi) is 6.31. The maximum Gasteiger partial charge on any atom is 0.376 e. The number of halogens is 4. The van der Waals surface area contributed by atoms with Gasteiger partial charge in [-0.3, -0.25) is 4.98 Å². The Balaban J connectivity index is 2.21. The minimum atomic E-state index is -1.48. The van der Waals surface area contributed by atoms with Gasteiger partial charge in [0.05, 0.1) is 24.0 Å². The highest BCUT2D eigenvalue weighted by Gasteiger charge is 2.28. The average molecular weight is 444 g/mol. The number of rotatable bonds is 6. The average Bonchev–Trinajstić information content (AvgIpc) is 3.03. The number of pyridine rings is 1. The second kappa shape index (κ2) is 8.73. The molecule has 0 fully saturated rings. The van der Waals surface area contributed by atoms with Gasteiger partial charge in [0.1, 0.15) is 16.5 Å². The second-order valence-electron chi connectivity index (χ2n) is 5.55. The number of methoxy groups -OCH3 is 2. The molecule has 0 saturated heterocycles. The van der Waals surface area contributed by atoms with Crippen LogP contribution in [0.25, 0.3) is 16.9 Å². The van der Waals surface area contributed by atoms with E-state index in [2.05, 4.69) is 14.8 Å². The van der Waals surface area contributed by atoms with Crippen LogP contribution in [0.1, 0.15) is 0 Å². The Labute approximate surface area is 173 Å². The third-order valence-corrected chi connectivity index (χ3v) is 4.39. The zero-order valence-electron chi connectivity index (χ0n) is 15.0. The smallest absolute Gasteiger partial charge is 0.376 e. The van der Waals surface area contributed by atoms with Crippen LogP contribution in [-0.2, 0) is 14.3 Å². The van der Waals surface area contributed by atoms with Crippen molar-refractivity contribution in [3.05, 3.63) is 58.3 Å². The molecule has 0 aliphatic rings. The Morgan fingerprint density at radius 2 is 1.97 bits per heavy atom. The first-order valence-corrected chi connectivity index (χ1v) is 8.74. The third kappa shape index (κ3) is 4.16. The molecule has 0 spiro atoms. The Hall–Kier alpha value is -2.75. The summed E-state index contributed by atoms with van der Waals surface area (Å²) in [6, 6.07) is 5.37. The van der Waals surface area contributed by atoms with Crippen molar-refractivity contribution < 1.29 is 27.8 Å². The highest BCUT2D eigenvalue weighted by molar-refractivity contribution is 6.34. The maximum absolute atomic E-state index is 14.6. The van der Waals surface area contributed by atoms with E-state index in [9.17, 15) is 13.6 Å². The molecule has 2 heterocycles. The Morgan fingerprint density at radius 3 is 2.62 bits per heavy atom. The minimum Gasteiger partial charge on any atom is -0.464 e. The van der Waals surface area contributed by atoms with E-state index in [0.717, 1.165) is 24.1 Å². The molecule has 1 aromatic carbocycles. The van der Waals surface area contributed by atoms with Crippen LogP contribution >= 0.6 is 23.2 Å². The number of hydrogen-bond acceptors (Lipinski definition) is 6. The molecule has 3 aromatic rings. The highest BCUT2D eigenvalue weighted by atomic mass is 35.5. The van der Waals surface area contributed by atoms with Crippen molar-refractivity contribution in [3.63, 3.8) is 0 Å². The summed E-state index contributed by atoms with van der Waals surface area (Å²) in [6.45, 7) is 0. The summed E-state index contributed by atoms with van der Waals surface area (Å²) in [4.78, 5) is 15.5. The molecule has 0 N–H and O–H groups in total. The predicted octanol–water partition coefficient (Wildman–Crippen LogP) is 4.04. The van der Waals surface area contributed by atoms with Gasteiger partial charge in [0.25, 0.3) is 5.88 Å². The molecule has 0 aliphatic carbocycles. The SMILES string of the molecule is COC(=O)C(OC)Oc1nn(-c2cccc(Cl)c2F)c(-c2cncc(F)c2)c1Cl. The Morgan fingerprint density at radius 1 is 1.21 bits per heavy atom. The normalized spacial score (nSPS) is 11.9. The van der Waals surface area contributed by atoms with Gasteiger partial charge in [-0.1, -0.05) is 29.3 Å². The lowest BCUT2D eigenvalue weighted by atomic mass is 10.2. The van der Waals surface area contributed by atoms with E-state index in [1.165, 1.54) is 31.5 Å². The van der Waals surface area contributed by atoms with Crippen LogP contribution in [0.5, 0.6) is 5.88 Å². The lowest BCUT2D eigenvalue weighted by Gasteiger charge is -2.13. The fourth-order valence-corrected chi connectivity index (χ4v) is 2.91. The monoisotopic (exact) mass is 443 g/mol. The van der Waals surface area contributed by atoms with Gasteiger partial charge >= 0.3 is 12.3 Å². The van der Waals surface area contributed by atoms with Gasteiger partial charge in [-0.05, 0) is 18.2 Å². The van der Waals surface area contributed by atoms with Crippen molar-refractivity contribution in [2.75, 3.05) is 14.2 Å². The van der Waals surface area contributed by atoms with Gasteiger partial charge in [0.15, 0.2) is 5.82 Å². The van der Waals surface area contributed by atoms with Crippen molar-refractivity contribution in [2.24, 2.45) is 0 Å². The molecule has 3 rings (SSSR count). The lowest BCUT2D eigenvalue weighted by molar-refractivity contribution is -0.170. The first kappa shape index (κ1) is 21.0. The molecule has 0 aliphatic heterocycles. The molecule has 0 bridgehead atoms. The van der Waals surface area contributed by atoms with Crippen molar-refractivity contribution in [3.8, 4) is 22.8 Å². The molecule has 11 heteroatoms. The zero-order chi connectivity index (χ0) is 21.1. The van der Waals surface area contributed by atoms with Crippen LogP contribution in [0.15, 0.2) is 36.7 Å². The third-order valence-electron chi connectivity index (χ3n) is 3.76. The van der Waals surface area contributed by atoms with Crippen LogP contribution < -0.4 is 4.74 Å². The molecule has 0 amide bonds.